The third kappa shape index (κ3) is 5.33. The lowest BCUT2D eigenvalue weighted by atomic mass is 9.99. The summed E-state index contributed by atoms with van der Waals surface area (Å²) in [5, 5.41) is 0. The Bertz CT molecular complexity index is 253. The molecule has 1 aliphatic rings. The lowest BCUT2D eigenvalue weighted by molar-refractivity contribution is -0.128. The Hall–Kier alpha value is -0.870. The third-order valence-electron chi connectivity index (χ3n) is 2.91. The number of hydrogen-bond acceptors (Lipinski definition) is 3. The number of amides is 1. The van der Waals surface area contributed by atoms with Crippen LogP contribution in [0.4, 0.5) is 0 Å². The summed E-state index contributed by atoms with van der Waals surface area (Å²) in [5.74, 6) is 0.576. The van der Waals surface area contributed by atoms with Crippen LogP contribution in [0.15, 0.2) is 12.2 Å². The molecule has 0 saturated carbocycles. The first-order chi connectivity index (χ1) is 8.27. The van der Waals surface area contributed by atoms with Crippen LogP contribution in [0.1, 0.15) is 19.8 Å². The highest BCUT2D eigenvalue weighted by Crippen LogP contribution is 2.17. The second-order valence-electron chi connectivity index (χ2n) is 4.31. The third-order valence-corrected chi connectivity index (χ3v) is 2.91. The Kier molecular flexibility index (Phi) is 6.89. The number of methoxy groups -OCH3 is 1. The van der Waals surface area contributed by atoms with Crippen LogP contribution >= 0.6 is 0 Å². The van der Waals surface area contributed by atoms with Crippen molar-refractivity contribution in [2.24, 2.45) is 5.92 Å². The highest BCUT2D eigenvalue weighted by atomic mass is 16.5. The van der Waals surface area contributed by atoms with Gasteiger partial charge in [0.25, 0.3) is 0 Å². The van der Waals surface area contributed by atoms with Crippen molar-refractivity contribution in [2.45, 2.75) is 19.8 Å². The van der Waals surface area contributed by atoms with Gasteiger partial charge >= 0.3 is 0 Å². The normalized spacial score (nSPS) is 21.1. The first-order valence-electron chi connectivity index (χ1n) is 6.30. The summed E-state index contributed by atoms with van der Waals surface area (Å²) >= 11 is 0. The molecule has 1 heterocycles. The summed E-state index contributed by atoms with van der Waals surface area (Å²) < 4.78 is 10.3. The van der Waals surface area contributed by atoms with Crippen LogP contribution in [-0.2, 0) is 14.3 Å². The van der Waals surface area contributed by atoms with E-state index in [1.165, 1.54) is 0 Å². The van der Waals surface area contributed by atoms with Crippen LogP contribution in [0.2, 0.25) is 0 Å². The van der Waals surface area contributed by atoms with E-state index in [4.69, 9.17) is 9.47 Å². The minimum atomic E-state index is 0.0863. The van der Waals surface area contributed by atoms with Crippen LogP contribution in [-0.4, -0.2) is 50.8 Å². The maximum atomic E-state index is 11.8. The monoisotopic (exact) mass is 241 g/mol. The smallest absolute Gasteiger partial charge is 0.246 e. The maximum absolute atomic E-state index is 11.8. The number of piperidine rings is 1. The van der Waals surface area contributed by atoms with E-state index in [2.05, 4.69) is 0 Å². The van der Waals surface area contributed by atoms with E-state index in [0.29, 0.717) is 12.5 Å². The van der Waals surface area contributed by atoms with Gasteiger partial charge in [-0.3, -0.25) is 4.79 Å². The molecule has 98 valence electrons. The topological polar surface area (TPSA) is 38.8 Å². The molecule has 0 spiro atoms. The molecule has 17 heavy (non-hydrogen) atoms. The lowest BCUT2D eigenvalue weighted by Gasteiger charge is -2.31. The molecule has 1 unspecified atom stereocenters. The van der Waals surface area contributed by atoms with Crippen molar-refractivity contribution >= 4 is 5.91 Å². The molecule has 0 aliphatic carbocycles. The van der Waals surface area contributed by atoms with Gasteiger partial charge in [-0.2, -0.15) is 0 Å². The first kappa shape index (κ1) is 14.2. The summed E-state index contributed by atoms with van der Waals surface area (Å²) in [6.45, 7) is 5.68. The minimum absolute atomic E-state index is 0.0863. The fourth-order valence-electron chi connectivity index (χ4n) is 2.04. The minimum Gasteiger partial charge on any atom is -0.381 e. The van der Waals surface area contributed by atoms with Gasteiger partial charge in [0, 0.05) is 32.9 Å². The highest BCUT2D eigenvalue weighted by Gasteiger charge is 2.22. The summed E-state index contributed by atoms with van der Waals surface area (Å²) in [6, 6.07) is 0. The second kappa shape index (κ2) is 8.25. The lowest BCUT2D eigenvalue weighted by Crippen LogP contribution is -2.40. The molecule has 1 atom stereocenters. The molecule has 1 amide bonds. The van der Waals surface area contributed by atoms with Gasteiger partial charge in [0.05, 0.1) is 13.2 Å². The molecule has 0 aromatic rings. The van der Waals surface area contributed by atoms with Gasteiger partial charge < -0.3 is 14.4 Å². The Morgan fingerprint density at radius 2 is 2.35 bits per heavy atom. The predicted octanol–water partition coefficient (Wildman–Crippen LogP) is 1.46. The number of rotatable bonds is 6. The summed E-state index contributed by atoms with van der Waals surface area (Å²) in [6.07, 6.45) is 5.59. The van der Waals surface area contributed by atoms with Gasteiger partial charge in [-0.25, -0.2) is 0 Å². The van der Waals surface area contributed by atoms with E-state index in [1.807, 2.05) is 11.8 Å². The fraction of sp³-hybridized carbons (Fsp3) is 0.769. The maximum Gasteiger partial charge on any atom is 0.246 e. The van der Waals surface area contributed by atoms with Crippen molar-refractivity contribution in [1.82, 2.24) is 4.90 Å². The predicted molar refractivity (Wildman–Crippen MR) is 66.8 cm³/mol. The zero-order valence-corrected chi connectivity index (χ0v) is 10.9. The number of carbonyl (C=O) groups is 1. The number of likely N-dealkylation sites (tertiary alicyclic amines) is 1. The Morgan fingerprint density at radius 3 is 3.06 bits per heavy atom. The fourth-order valence-corrected chi connectivity index (χ4v) is 2.04. The molecule has 0 aromatic heterocycles. The van der Waals surface area contributed by atoms with E-state index >= 15 is 0 Å². The summed E-state index contributed by atoms with van der Waals surface area (Å²) in [4.78, 5) is 13.7. The van der Waals surface area contributed by atoms with Crippen molar-refractivity contribution < 1.29 is 14.3 Å². The van der Waals surface area contributed by atoms with Crippen LogP contribution in [0.3, 0.4) is 0 Å². The van der Waals surface area contributed by atoms with Crippen molar-refractivity contribution in [2.75, 3.05) is 40.0 Å². The zero-order chi connectivity index (χ0) is 12.5. The molecule has 0 aromatic carbocycles. The van der Waals surface area contributed by atoms with E-state index < -0.39 is 0 Å². The Balaban J connectivity index is 2.34. The van der Waals surface area contributed by atoms with Gasteiger partial charge in [0.2, 0.25) is 5.91 Å². The zero-order valence-electron chi connectivity index (χ0n) is 10.9. The van der Waals surface area contributed by atoms with Gasteiger partial charge in [0.15, 0.2) is 0 Å². The van der Waals surface area contributed by atoms with Crippen molar-refractivity contribution in [1.29, 1.82) is 0 Å². The second-order valence-corrected chi connectivity index (χ2v) is 4.31. The largest absolute Gasteiger partial charge is 0.381 e. The standard InChI is InChI=1S/C13H23NO3/c1-3-17-11-12-6-4-8-14(10-12)13(15)7-5-9-16-2/h5,7,12H,3-4,6,8-11H2,1-2H3. The average molecular weight is 241 g/mol. The van der Waals surface area contributed by atoms with Crippen LogP contribution in [0.25, 0.3) is 0 Å². The molecular weight excluding hydrogens is 218 g/mol. The Morgan fingerprint density at radius 1 is 1.53 bits per heavy atom. The van der Waals surface area contributed by atoms with Crippen LogP contribution in [0.5, 0.6) is 0 Å². The molecular formula is C13H23NO3. The number of carbonyl (C=O) groups excluding carboxylic acids is 1. The van der Waals surface area contributed by atoms with E-state index in [1.54, 1.807) is 19.3 Å². The molecule has 0 bridgehead atoms. The SMILES string of the molecule is CCOCC1CCCN(C(=O)C=CCOC)C1. The van der Waals surface area contributed by atoms with Crippen molar-refractivity contribution in [3.8, 4) is 0 Å². The van der Waals surface area contributed by atoms with Gasteiger partial charge in [0.1, 0.15) is 0 Å². The van der Waals surface area contributed by atoms with Gasteiger partial charge in [-0.1, -0.05) is 6.08 Å². The molecule has 1 fully saturated rings. The van der Waals surface area contributed by atoms with Crippen LogP contribution < -0.4 is 0 Å². The van der Waals surface area contributed by atoms with Gasteiger partial charge in [-0.15, -0.1) is 0 Å². The molecule has 1 rings (SSSR count). The molecule has 4 heteroatoms. The number of ether oxygens (including phenoxy) is 2. The van der Waals surface area contributed by atoms with E-state index in [0.717, 1.165) is 39.1 Å². The molecule has 0 N–H and O–H groups in total. The number of nitrogens with zero attached hydrogens (tertiary/aromatic N) is 1. The van der Waals surface area contributed by atoms with E-state index in [9.17, 15) is 4.79 Å². The van der Waals surface area contributed by atoms with Crippen molar-refractivity contribution in [3.05, 3.63) is 12.2 Å². The average Bonchev–Trinajstić information content (AvgIpc) is 2.37. The summed E-state index contributed by atoms with van der Waals surface area (Å²) in [5.41, 5.74) is 0. The quantitative estimate of drug-likeness (QED) is 0.661. The molecule has 1 aliphatic heterocycles. The van der Waals surface area contributed by atoms with Crippen LogP contribution in [0, 0.1) is 5.92 Å². The molecule has 0 radical (unpaired) electrons. The summed E-state index contributed by atoms with van der Waals surface area (Å²) in [7, 11) is 1.62. The first-order valence-corrected chi connectivity index (χ1v) is 6.30. The molecule has 4 nitrogen and oxygen atoms in total. The van der Waals surface area contributed by atoms with E-state index in [-0.39, 0.29) is 5.91 Å². The highest BCUT2D eigenvalue weighted by molar-refractivity contribution is 5.87. The van der Waals surface area contributed by atoms with Crippen molar-refractivity contribution in [3.63, 3.8) is 0 Å². The number of hydrogen-bond donors (Lipinski definition) is 0. The molecule has 1 saturated heterocycles. The van der Waals surface area contributed by atoms with Gasteiger partial charge in [-0.05, 0) is 25.7 Å². The Labute approximate surface area is 104 Å².